The van der Waals surface area contributed by atoms with Crippen LogP contribution in [0.25, 0.3) is 0 Å². The zero-order chi connectivity index (χ0) is 19.6. The van der Waals surface area contributed by atoms with E-state index in [1.165, 1.54) is 4.31 Å². The summed E-state index contributed by atoms with van der Waals surface area (Å²) in [6.07, 6.45) is -0.211. The van der Waals surface area contributed by atoms with Gasteiger partial charge in [-0.1, -0.05) is 12.1 Å². The quantitative estimate of drug-likeness (QED) is 0.792. The lowest BCUT2D eigenvalue weighted by Gasteiger charge is -2.40. The van der Waals surface area contributed by atoms with Crippen molar-refractivity contribution in [1.82, 2.24) is 13.5 Å². The van der Waals surface area contributed by atoms with Crippen molar-refractivity contribution in [2.45, 2.75) is 32.6 Å². The third-order valence-electron chi connectivity index (χ3n) is 4.95. The molecule has 0 spiro atoms. The Morgan fingerprint density at radius 3 is 2.33 bits per heavy atom. The van der Waals surface area contributed by atoms with Crippen LogP contribution in [0, 0.1) is 0 Å². The Morgan fingerprint density at radius 2 is 1.74 bits per heavy atom. The van der Waals surface area contributed by atoms with Gasteiger partial charge in [0, 0.05) is 45.8 Å². The maximum Gasteiger partial charge on any atom is 0.335 e. The molecule has 2 unspecified atom stereocenters. The molecule has 0 bridgehead atoms. The van der Waals surface area contributed by atoms with E-state index in [4.69, 9.17) is 9.84 Å². The van der Waals surface area contributed by atoms with Gasteiger partial charge < -0.3 is 9.84 Å². The number of hydrogen-bond donors (Lipinski definition) is 1. The summed E-state index contributed by atoms with van der Waals surface area (Å²) in [7, 11) is -3.48. The van der Waals surface area contributed by atoms with Crippen LogP contribution in [0.5, 0.6) is 0 Å². The number of nitrogens with zero attached hydrogens (tertiary/aromatic N) is 3. The number of ether oxygens (including phenoxy) is 1. The summed E-state index contributed by atoms with van der Waals surface area (Å²) in [6, 6.07) is 6.87. The highest BCUT2D eigenvalue weighted by molar-refractivity contribution is 7.86. The van der Waals surface area contributed by atoms with Gasteiger partial charge in [-0.2, -0.15) is 17.0 Å². The van der Waals surface area contributed by atoms with E-state index in [1.54, 1.807) is 22.5 Å². The molecule has 2 heterocycles. The summed E-state index contributed by atoms with van der Waals surface area (Å²) < 4.78 is 34.6. The fraction of sp³-hybridized carbons (Fsp3) is 0.611. The molecule has 1 aromatic carbocycles. The van der Waals surface area contributed by atoms with E-state index >= 15 is 0 Å². The number of carbonyl (C=O) groups is 1. The van der Waals surface area contributed by atoms with E-state index < -0.39 is 16.2 Å². The van der Waals surface area contributed by atoms with Crippen molar-refractivity contribution in [3.8, 4) is 0 Å². The first kappa shape index (κ1) is 20.2. The molecule has 2 atom stereocenters. The molecule has 0 amide bonds. The molecule has 0 aliphatic carbocycles. The lowest BCUT2D eigenvalue weighted by atomic mass is 10.1. The summed E-state index contributed by atoms with van der Waals surface area (Å²) in [5.41, 5.74) is 1.19. The molecule has 9 heteroatoms. The predicted octanol–water partition coefficient (Wildman–Crippen LogP) is 0.856. The van der Waals surface area contributed by atoms with Crippen LogP contribution >= 0.6 is 0 Å². The Morgan fingerprint density at radius 1 is 1.11 bits per heavy atom. The van der Waals surface area contributed by atoms with Gasteiger partial charge in [0.05, 0.1) is 17.8 Å². The van der Waals surface area contributed by atoms with Crippen LogP contribution in [-0.2, 0) is 21.5 Å². The van der Waals surface area contributed by atoms with Gasteiger partial charge in [0.1, 0.15) is 0 Å². The summed E-state index contributed by atoms with van der Waals surface area (Å²) in [6.45, 7) is 7.26. The third kappa shape index (κ3) is 4.85. The van der Waals surface area contributed by atoms with E-state index in [0.29, 0.717) is 45.8 Å². The van der Waals surface area contributed by atoms with Crippen molar-refractivity contribution in [1.29, 1.82) is 0 Å². The Kier molecular flexibility index (Phi) is 6.17. The lowest BCUT2D eigenvalue weighted by molar-refractivity contribution is -0.0457. The summed E-state index contributed by atoms with van der Waals surface area (Å²) in [5, 5.41) is 9.10. The van der Waals surface area contributed by atoms with E-state index in [2.05, 4.69) is 4.90 Å². The monoisotopic (exact) mass is 397 g/mol. The van der Waals surface area contributed by atoms with Gasteiger partial charge in [0.15, 0.2) is 0 Å². The molecule has 8 nitrogen and oxygen atoms in total. The smallest absolute Gasteiger partial charge is 0.335 e. The van der Waals surface area contributed by atoms with E-state index in [0.717, 1.165) is 5.56 Å². The second-order valence-corrected chi connectivity index (χ2v) is 9.19. The second-order valence-electron chi connectivity index (χ2n) is 7.26. The van der Waals surface area contributed by atoms with Gasteiger partial charge in [-0.05, 0) is 31.5 Å². The van der Waals surface area contributed by atoms with Gasteiger partial charge in [0.25, 0.3) is 10.2 Å². The van der Waals surface area contributed by atoms with Crippen LogP contribution < -0.4 is 0 Å². The first-order valence-corrected chi connectivity index (χ1v) is 10.6. The number of benzene rings is 1. The molecule has 0 radical (unpaired) electrons. The Hall–Kier alpha value is -1.52. The van der Waals surface area contributed by atoms with Crippen molar-refractivity contribution in [3.63, 3.8) is 0 Å². The molecule has 27 heavy (non-hydrogen) atoms. The van der Waals surface area contributed by atoms with Crippen molar-refractivity contribution < 1.29 is 23.1 Å². The van der Waals surface area contributed by atoms with Crippen LogP contribution in [0.1, 0.15) is 29.8 Å². The van der Waals surface area contributed by atoms with Gasteiger partial charge in [0.2, 0.25) is 0 Å². The summed E-state index contributed by atoms with van der Waals surface area (Å²) in [4.78, 5) is 13.2. The SMILES string of the molecule is CC1CN(S(=O)(=O)N2CCN(Cc3cccc(C(=O)O)c3)CC2)CC(C)O1. The average molecular weight is 397 g/mol. The molecule has 1 aromatic rings. The number of carboxylic acids is 1. The van der Waals surface area contributed by atoms with Crippen LogP contribution in [-0.4, -0.2) is 84.5 Å². The van der Waals surface area contributed by atoms with Crippen molar-refractivity contribution in [2.75, 3.05) is 39.3 Å². The van der Waals surface area contributed by atoms with Crippen LogP contribution in [0.3, 0.4) is 0 Å². The number of morpholine rings is 1. The molecule has 3 rings (SSSR count). The average Bonchev–Trinajstić information content (AvgIpc) is 2.61. The van der Waals surface area contributed by atoms with Gasteiger partial charge >= 0.3 is 5.97 Å². The van der Waals surface area contributed by atoms with E-state index in [1.807, 2.05) is 19.9 Å². The van der Waals surface area contributed by atoms with E-state index in [9.17, 15) is 13.2 Å². The Balaban J connectivity index is 1.58. The summed E-state index contributed by atoms with van der Waals surface area (Å²) in [5.74, 6) is -0.943. The predicted molar refractivity (Wildman–Crippen MR) is 101 cm³/mol. The Labute approximate surface area is 160 Å². The van der Waals surface area contributed by atoms with Gasteiger partial charge in [-0.3, -0.25) is 4.90 Å². The molecule has 2 fully saturated rings. The van der Waals surface area contributed by atoms with Crippen molar-refractivity contribution in [2.24, 2.45) is 0 Å². The largest absolute Gasteiger partial charge is 0.478 e. The number of carboxylic acid groups (broad SMARTS) is 1. The molecule has 150 valence electrons. The number of hydrogen-bond acceptors (Lipinski definition) is 5. The summed E-state index contributed by atoms with van der Waals surface area (Å²) >= 11 is 0. The lowest BCUT2D eigenvalue weighted by Crippen LogP contribution is -2.57. The zero-order valence-electron chi connectivity index (χ0n) is 15.7. The molecule has 0 saturated carbocycles. The van der Waals surface area contributed by atoms with Crippen molar-refractivity contribution in [3.05, 3.63) is 35.4 Å². The second kappa shape index (κ2) is 8.24. The number of rotatable bonds is 5. The number of piperazine rings is 1. The number of aromatic carboxylic acids is 1. The van der Waals surface area contributed by atoms with E-state index in [-0.39, 0.29) is 17.8 Å². The molecule has 2 aliphatic rings. The first-order valence-electron chi connectivity index (χ1n) is 9.21. The standard InChI is InChI=1S/C18H27N3O5S/c1-14-11-21(12-15(2)26-14)27(24,25)20-8-6-19(7-9-20)13-16-4-3-5-17(10-16)18(22)23/h3-5,10,14-15H,6-9,11-13H2,1-2H3,(H,22,23). The van der Waals surface area contributed by atoms with Gasteiger partial charge in [-0.25, -0.2) is 4.79 Å². The topological polar surface area (TPSA) is 90.4 Å². The minimum atomic E-state index is -3.48. The minimum absolute atomic E-state index is 0.105. The molecular formula is C18H27N3O5S. The fourth-order valence-corrected chi connectivity index (χ4v) is 5.41. The highest BCUT2D eigenvalue weighted by atomic mass is 32.2. The molecule has 2 saturated heterocycles. The highest BCUT2D eigenvalue weighted by Gasteiger charge is 2.36. The molecule has 2 aliphatic heterocycles. The molecular weight excluding hydrogens is 370 g/mol. The Bertz CT molecular complexity index is 767. The minimum Gasteiger partial charge on any atom is -0.478 e. The first-order chi connectivity index (χ1) is 12.8. The normalized spacial score (nSPS) is 26.1. The van der Waals surface area contributed by atoms with Crippen LogP contribution in [0.2, 0.25) is 0 Å². The highest BCUT2D eigenvalue weighted by Crippen LogP contribution is 2.19. The van der Waals surface area contributed by atoms with Crippen LogP contribution in [0.15, 0.2) is 24.3 Å². The molecule has 0 aromatic heterocycles. The fourth-order valence-electron chi connectivity index (χ4n) is 3.66. The maximum absolute atomic E-state index is 12.9. The van der Waals surface area contributed by atoms with Crippen LogP contribution in [0.4, 0.5) is 0 Å². The van der Waals surface area contributed by atoms with Crippen molar-refractivity contribution >= 4 is 16.2 Å². The zero-order valence-corrected chi connectivity index (χ0v) is 16.6. The van der Waals surface area contributed by atoms with Gasteiger partial charge in [-0.15, -0.1) is 0 Å². The third-order valence-corrected chi connectivity index (χ3v) is 6.92. The maximum atomic E-state index is 12.9. The molecule has 1 N–H and O–H groups in total.